The third kappa shape index (κ3) is 24.4. The van der Waals surface area contributed by atoms with Crippen LogP contribution in [0.3, 0.4) is 0 Å². The number of nitrogens with one attached hydrogen (secondary N) is 5. The fraction of sp³-hybridized carbons (Fsp3) is 0.521. The van der Waals surface area contributed by atoms with Crippen molar-refractivity contribution in [1.29, 1.82) is 0 Å². The van der Waals surface area contributed by atoms with Gasteiger partial charge in [-0.2, -0.15) is 0 Å². The quantitative estimate of drug-likeness (QED) is 0.0517. The Kier molecular flexibility index (Phi) is 22.2. The second-order valence-corrected chi connectivity index (χ2v) is 18.8. The van der Waals surface area contributed by atoms with Crippen molar-refractivity contribution in [2.24, 2.45) is 5.92 Å². The molecule has 67 heavy (non-hydrogen) atoms. The smallest absolute Gasteiger partial charge is 0.408 e. The average Bonchev–Trinajstić information content (AvgIpc) is 3.20. The maximum Gasteiger partial charge on any atom is 0.408 e. The van der Waals surface area contributed by atoms with Crippen molar-refractivity contribution in [1.82, 2.24) is 31.7 Å². The number of carbonyl (C=O) groups excluding carboxylic acids is 9. The topological polar surface area (TPSA) is 254 Å². The lowest BCUT2D eigenvalue weighted by Gasteiger charge is -2.29. The molecule has 0 spiro atoms. The summed E-state index contributed by atoms with van der Waals surface area (Å²) in [7, 11) is 0. The molecule has 0 radical (unpaired) electrons. The summed E-state index contributed by atoms with van der Waals surface area (Å²) in [5, 5.41) is 10.7. The van der Waals surface area contributed by atoms with Gasteiger partial charge >= 0.3 is 24.0 Å². The van der Waals surface area contributed by atoms with Gasteiger partial charge < -0.3 is 40.2 Å². The predicted molar refractivity (Wildman–Crippen MR) is 246 cm³/mol. The van der Waals surface area contributed by atoms with Crippen LogP contribution in [0, 0.1) is 5.92 Å². The van der Waals surface area contributed by atoms with Gasteiger partial charge in [0.1, 0.15) is 48.1 Å². The molecule has 0 saturated heterocycles. The minimum absolute atomic E-state index is 0.172. The van der Waals surface area contributed by atoms with E-state index in [0.29, 0.717) is 17.0 Å². The summed E-state index contributed by atoms with van der Waals surface area (Å²) in [5.41, 5.74) is 1.13. The van der Waals surface area contributed by atoms with E-state index in [1.165, 1.54) is 0 Å². The SMILES string of the molecule is CC(C)[C@H](NC(=O)[C@H](CCC(=O)OC(C)(C)C)NC(=O)[C@H](CC(=O)OC(C)(C)C)NC(=O)OCc1ccccc1)C(=O)NN(CC(=O)OC(C)(C)C)C(=O)/C=C/C(=O)NCCc1ccccc1. The van der Waals surface area contributed by atoms with E-state index < -0.39 is 114 Å². The van der Waals surface area contributed by atoms with Gasteiger partial charge in [0, 0.05) is 25.1 Å². The Morgan fingerprint density at radius 2 is 1.13 bits per heavy atom. The fourth-order valence-corrected chi connectivity index (χ4v) is 5.80. The molecule has 0 aliphatic heterocycles. The van der Waals surface area contributed by atoms with Gasteiger partial charge in [-0.1, -0.05) is 74.5 Å². The average molecular weight is 937 g/mol. The number of ether oxygens (including phenoxy) is 4. The molecule has 5 N–H and O–H groups in total. The van der Waals surface area contributed by atoms with E-state index in [9.17, 15) is 43.2 Å². The summed E-state index contributed by atoms with van der Waals surface area (Å²) in [6.07, 6.45) is -0.215. The Hall–Kier alpha value is -6.79. The van der Waals surface area contributed by atoms with E-state index in [1.54, 1.807) is 106 Å². The molecule has 3 atom stereocenters. The first kappa shape index (κ1) is 56.3. The number of carbonyl (C=O) groups is 9. The number of alkyl carbamates (subject to hydrolysis) is 1. The Morgan fingerprint density at radius 3 is 1.69 bits per heavy atom. The molecule has 19 nitrogen and oxygen atoms in total. The van der Waals surface area contributed by atoms with Crippen molar-refractivity contribution < 1.29 is 62.1 Å². The van der Waals surface area contributed by atoms with Crippen molar-refractivity contribution in [3.63, 3.8) is 0 Å². The molecule has 2 aromatic rings. The summed E-state index contributed by atoms with van der Waals surface area (Å²) < 4.78 is 21.4. The number of hydrogen-bond acceptors (Lipinski definition) is 13. The number of nitrogens with zero attached hydrogens (tertiary/aromatic N) is 1. The summed E-state index contributed by atoms with van der Waals surface area (Å²) >= 11 is 0. The van der Waals surface area contributed by atoms with Crippen molar-refractivity contribution in [3.8, 4) is 0 Å². The van der Waals surface area contributed by atoms with Gasteiger partial charge in [0.25, 0.3) is 11.8 Å². The van der Waals surface area contributed by atoms with E-state index >= 15 is 0 Å². The first-order chi connectivity index (χ1) is 31.1. The van der Waals surface area contributed by atoms with Gasteiger partial charge in [-0.15, -0.1) is 0 Å². The minimum Gasteiger partial charge on any atom is -0.460 e. The number of benzene rings is 2. The van der Waals surface area contributed by atoms with Crippen LogP contribution in [0.5, 0.6) is 0 Å². The molecule has 0 saturated carbocycles. The third-order valence-electron chi connectivity index (χ3n) is 8.70. The van der Waals surface area contributed by atoms with E-state index in [-0.39, 0.29) is 19.6 Å². The van der Waals surface area contributed by atoms with E-state index in [0.717, 1.165) is 17.7 Å². The van der Waals surface area contributed by atoms with Crippen LogP contribution >= 0.6 is 0 Å². The van der Waals surface area contributed by atoms with Crippen molar-refractivity contribution in [3.05, 3.63) is 83.9 Å². The predicted octanol–water partition coefficient (Wildman–Crippen LogP) is 3.88. The monoisotopic (exact) mass is 936 g/mol. The van der Waals surface area contributed by atoms with Crippen LogP contribution in [0.2, 0.25) is 0 Å². The first-order valence-corrected chi connectivity index (χ1v) is 22.0. The maximum atomic E-state index is 14.1. The highest BCUT2D eigenvalue weighted by Crippen LogP contribution is 2.14. The molecule has 0 aliphatic rings. The second-order valence-electron chi connectivity index (χ2n) is 18.8. The van der Waals surface area contributed by atoms with Gasteiger partial charge in [0.15, 0.2) is 0 Å². The van der Waals surface area contributed by atoms with Gasteiger partial charge in [-0.05, 0) is 92.2 Å². The zero-order valence-electron chi connectivity index (χ0n) is 40.4. The molecule has 0 unspecified atom stereocenters. The summed E-state index contributed by atoms with van der Waals surface area (Å²) in [6.45, 7) is 17.0. The molecule has 0 fully saturated rings. The lowest BCUT2D eigenvalue weighted by molar-refractivity contribution is -0.161. The van der Waals surface area contributed by atoms with Crippen LogP contribution in [-0.2, 0) is 70.3 Å². The van der Waals surface area contributed by atoms with Crippen molar-refractivity contribution >= 4 is 53.5 Å². The summed E-state index contributed by atoms with van der Waals surface area (Å²) in [5.74, 6) is -7.80. The Balaban J connectivity index is 2.39. The molecular formula is C48H68N6O13. The van der Waals surface area contributed by atoms with E-state index in [1.807, 2.05) is 30.3 Å². The molecule has 0 heterocycles. The highest BCUT2D eigenvalue weighted by atomic mass is 16.6. The largest absolute Gasteiger partial charge is 0.460 e. The van der Waals surface area contributed by atoms with Gasteiger partial charge in [-0.3, -0.25) is 43.8 Å². The lowest BCUT2D eigenvalue weighted by Crippen LogP contribution is -2.60. The highest BCUT2D eigenvalue weighted by molar-refractivity contribution is 5.99. The maximum absolute atomic E-state index is 14.1. The molecule has 2 aromatic carbocycles. The molecule has 2 rings (SSSR count). The van der Waals surface area contributed by atoms with Crippen LogP contribution in [0.1, 0.15) is 107 Å². The van der Waals surface area contributed by atoms with Gasteiger partial charge in [0.05, 0.1) is 6.42 Å². The Bertz CT molecular complexity index is 2040. The number of amides is 6. The molecule has 0 aliphatic carbocycles. The fourth-order valence-electron chi connectivity index (χ4n) is 5.80. The van der Waals surface area contributed by atoms with E-state index in [2.05, 4.69) is 26.7 Å². The minimum atomic E-state index is -1.65. The van der Waals surface area contributed by atoms with Gasteiger partial charge in [-0.25, -0.2) is 9.80 Å². The summed E-state index contributed by atoms with van der Waals surface area (Å²) in [6, 6.07) is 13.4. The first-order valence-electron chi connectivity index (χ1n) is 22.0. The van der Waals surface area contributed by atoms with Crippen LogP contribution in [0.4, 0.5) is 4.79 Å². The van der Waals surface area contributed by atoms with E-state index in [4.69, 9.17) is 18.9 Å². The molecule has 368 valence electrons. The lowest BCUT2D eigenvalue weighted by atomic mass is 10.0. The third-order valence-corrected chi connectivity index (χ3v) is 8.70. The number of hydrogen-bond donors (Lipinski definition) is 5. The van der Waals surface area contributed by atoms with Crippen LogP contribution in [-0.4, -0.2) is 107 Å². The number of rotatable bonds is 21. The zero-order valence-corrected chi connectivity index (χ0v) is 40.4. The normalized spacial score (nSPS) is 13.0. The molecule has 0 aromatic heterocycles. The Labute approximate surface area is 392 Å². The summed E-state index contributed by atoms with van der Waals surface area (Å²) in [4.78, 5) is 120. The standard InChI is InChI=1S/C48H68N6O13/c1-31(2)41(44(62)53-54(29-40(59)67-48(9,10)11)37(56)24-23-36(55)49-27-26-32-18-14-12-15-19-32)52-42(60)34(22-25-38(57)65-46(3,4)5)50-43(61)35(28-39(58)66-47(6,7)8)51-45(63)64-30-33-20-16-13-17-21-33/h12-21,23-24,31,34-35,41H,22,25-30H2,1-11H3,(H,49,55)(H,50,61)(H,51,63)(H,52,60)(H,53,62)/b24-23+/t34-,35-,41-/m0/s1. The Morgan fingerprint density at radius 1 is 0.612 bits per heavy atom. The number of esters is 3. The molecular weight excluding hydrogens is 869 g/mol. The molecule has 0 bridgehead atoms. The van der Waals surface area contributed by atoms with Crippen LogP contribution in [0.25, 0.3) is 0 Å². The highest BCUT2D eigenvalue weighted by Gasteiger charge is 2.35. The van der Waals surface area contributed by atoms with Crippen molar-refractivity contribution in [2.75, 3.05) is 13.1 Å². The van der Waals surface area contributed by atoms with Gasteiger partial charge in [0.2, 0.25) is 17.7 Å². The van der Waals surface area contributed by atoms with Crippen molar-refractivity contribution in [2.45, 2.75) is 143 Å². The number of hydrazine groups is 1. The second kappa shape index (κ2) is 26.4. The zero-order chi connectivity index (χ0) is 50.5. The van der Waals surface area contributed by atoms with Crippen LogP contribution < -0.4 is 26.7 Å². The van der Waals surface area contributed by atoms with Crippen LogP contribution in [0.15, 0.2) is 72.8 Å². The molecule has 19 heteroatoms. The molecule has 6 amide bonds.